The zero-order valence-electron chi connectivity index (χ0n) is 17.5. The Hall–Kier alpha value is -3.91. The van der Waals surface area contributed by atoms with Crippen LogP contribution in [-0.4, -0.2) is 30.2 Å². The second-order valence-corrected chi connectivity index (χ2v) is 7.12. The molecule has 0 aliphatic carbocycles. The summed E-state index contributed by atoms with van der Waals surface area (Å²) in [6.07, 6.45) is 0. The number of ether oxygens (including phenoxy) is 2. The third kappa shape index (κ3) is 7.41. The normalized spacial score (nSPS) is 10.0. The van der Waals surface area contributed by atoms with Crippen molar-refractivity contribution in [1.82, 2.24) is 0 Å². The molecule has 0 aliphatic heterocycles. The third-order valence-electron chi connectivity index (χ3n) is 4.17. The van der Waals surface area contributed by atoms with Crippen molar-refractivity contribution >= 4 is 46.3 Å². The molecule has 3 rings (SSSR count). The van der Waals surface area contributed by atoms with Crippen LogP contribution in [0.5, 0.6) is 5.75 Å². The standard InChI is InChI=1S/C24H23N3O4S/c1-17(28)25-19-7-9-20(10-8-19)26-24(32)27-21-11-13-22(14-12-21)30-15-16-31-23(29)18-5-3-2-4-6-18/h2-14H,15-16H2,1H3,(H,25,28)(H2,26,27,32). The number of thiocarbonyl (C=S) groups is 1. The lowest BCUT2D eigenvalue weighted by atomic mass is 10.2. The fourth-order valence-electron chi connectivity index (χ4n) is 2.72. The van der Waals surface area contributed by atoms with Crippen LogP contribution >= 0.6 is 12.2 Å². The molecular formula is C24H23N3O4S. The summed E-state index contributed by atoms with van der Waals surface area (Å²) in [6, 6.07) is 23.3. The van der Waals surface area contributed by atoms with Gasteiger partial charge in [-0.1, -0.05) is 18.2 Å². The average molecular weight is 450 g/mol. The number of benzene rings is 3. The summed E-state index contributed by atoms with van der Waals surface area (Å²) < 4.78 is 10.8. The predicted octanol–water partition coefficient (Wildman–Crippen LogP) is 4.69. The molecule has 1 amide bonds. The first-order chi connectivity index (χ1) is 15.5. The second-order valence-electron chi connectivity index (χ2n) is 6.71. The first-order valence-electron chi connectivity index (χ1n) is 9.90. The van der Waals surface area contributed by atoms with Crippen molar-refractivity contribution in [1.29, 1.82) is 0 Å². The lowest BCUT2D eigenvalue weighted by Gasteiger charge is -2.12. The van der Waals surface area contributed by atoms with Gasteiger partial charge >= 0.3 is 5.97 Å². The Morgan fingerprint density at radius 3 is 1.84 bits per heavy atom. The molecule has 0 aromatic heterocycles. The largest absolute Gasteiger partial charge is 0.490 e. The first-order valence-corrected chi connectivity index (χ1v) is 10.3. The molecule has 3 N–H and O–H groups in total. The summed E-state index contributed by atoms with van der Waals surface area (Å²) in [4.78, 5) is 22.9. The molecule has 0 saturated heterocycles. The number of amides is 1. The Morgan fingerprint density at radius 1 is 0.750 bits per heavy atom. The highest BCUT2D eigenvalue weighted by molar-refractivity contribution is 7.80. The second kappa shape index (κ2) is 11.5. The summed E-state index contributed by atoms with van der Waals surface area (Å²) in [5.74, 6) is 0.154. The summed E-state index contributed by atoms with van der Waals surface area (Å²) >= 11 is 5.33. The van der Waals surface area contributed by atoms with E-state index in [-0.39, 0.29) is 25.1 Å². The summed E-state index contributed by atoms with van der Waals surface area (Å²) in [7, 11) is 0. The lowest BCUT2D eigenvalue weighted by Crippen LogP contribution is -2.19. The Kier molecular flexibility index (Phi) is 8.16. The van der Waals surface area contributed by atoms with E-state index in [4.69, 9.17) is 21.7 Å². The number of carbonyl (C=O) groups is 2. The van der Waals surface area contributed by atoms with E-state index >= 15 is 0 Å². The Balaban J connectivity index is 1.39. The molecule has 3 aromatic rings. The number of rotatable bonds is 8. The van der Waals surface area contributed by atoms with Gasteiger partial charge in [0, 0.05) is 24.0 Å². The van der Waals surface area contributed by atoms with Gasteiger partial charge in [-0.3, -0.25) is 4.79 Å². The number of nitrogens with one attached hydrogen (secondary N) is 3. The molecule has 0 heterocycles. The fourth-order valence-corrected chi connectivity index (χ4v) is 2.96. The molecule has 3 aromatic carbocycles. The molecule has 0 bridgehead atoms. The quantitative estimate of drug-likeness (QED) is 0.261. The highest BCUT2D eigenvalue weighted by atomic mass is 32.1. The summed E-state index contributed by atoms with van der Waals surface area (Å²) in [5.41, 5.74) is 2.81. The third-order valence-corrected chi connectivity index (χ3v) is 4.37. The first kappa shape index (κ1) is 22.8. The van der Waals surface area contributed by atoms with E-state index < -0.39 is 0 Å². The van der Waals surface area contributed by atoms with Crippen LogP contribution in [-0.2, 0) is 9.53 Å². The minimum atomic E-state index is -0.375. The van der Waals surface area contributed by atoms with Gasteiger partial charge in [0.05, 0.1) is 5.56 Å². The summed E-state index contributed by atoms with van der Waals surface area (Å²) in [6.45, 7) is 1.87. The number of anilines is 3. The van der Waals surface area contributed by atoms with Gasteiger partial charge in [-0.25, -0.2) is 4.79 Å². The Labute approximate surface area is 191 Å². The molecule has 164 valence electrons. The van der Waals surface area contributed by atoms with Gasteiger partial charge in [-0.2, -0.15) is 0 Å². The van der Waals surface area contributed by atoms with E-state index in [0.717, 1.165) is 11.4 Å². The van der Waals surface area contributed by atoms with Gasteiger partial charge in [0.2, 0.25) is 5.91 Å². The van der Waals surface area contributed by atoms with E-state index in [1.165, 1.54) is 6.92 Å². The van der Waals surface area contributed by atoms with Crippen LogP contribution in [0.4, 0.5) is 17.1 Å². The predicted molar refractivity (Wildman–Crippen MR) is 129 cm³/mol. The van der Waals surface area contributed by atoms with Crippen LogP contribution in [0.25, 0.3) is 0 Å². The van der Waals surface area contributed by atoms with Crippen molar-refractivity contribution in [2.75, 3.05) is 29.2 Å². The highest BCUT2D eigenvalue weighted by Crippen LogP contribution is 2.17. The maximum absolute atomic E-state index is 11.9. The molecule has 32 heavy (non-hydrogen) atoms. The number of carbonyl (C=O) groups excluding carboxylic acids is 2. The smallest absolute Gasteiger partial charge is 0.338 e. The van der Waals surface area contributed by atoms with Crippen LogP contribution < -0.4 is 20.7 Å². The molecule has 0 fully saturated rings. The van der Waals surface area contributed by atoms with Crippen LogP contribution in [0.2, 0.25) is 0 Å². The number of hydrogen-bond acceptors (Lipinski definition) is 5. The maximum atomic E-state index is 11.9. The zero-order valence-corrected chi connectivity index (χ0v) is 18.3. The average Bonchev–Trinajstić information content (AvgIpc) is 2.79. The Bertz CT molecular complexity index is 1050. The summed E-state index contributed by atoms with van der Waals surface area (Å²) in [5, 5.41) is 9.31. The van der Waals surface area contributed by atoms with Gasteiger partial charge in [0.15, 0.2) is 5.11 Å². The van der Waals surface area contributed by atoms with E-state index in [1.54, 1.807) is 48.5 Å². The molecule has 0 aliphatic rings. The van der Waals surface area contributed by atoms with Crippen molar-refractivity contribution in [3.63, 3.8) is 0 Å². The zero-order chi connectivity index (χ0) is 22.8. The van der Waals surface area contributed by atoms with Gasteiger partial charge in [-0.05, 0) is 72.9 Å². The molecule has 7 nitrogen and oxygen atoms in total. The van der Waals surface area contributed by atoms with Crippen LogP contribution in [0.3, 0.4) is 0 Å². The fraction of sp³-hybridized carbons (Fsp3) is 0.125. The number of hydrogen-bond donors (Lipinski definition) is 3. The van der Waals surface area contributed by atoms with Crippen molar-refractivity contribution in [2.45, 2.75) is 6.92 Å². The van der Waals surface area contributed by atoms with Gasteiger partial charge in [-0.15, -0.1) is 0 Å². The van der Waals surface area contributed by atoms with E-state index in [1.807, 2.05) is 30.3 Å². The van der Waals surface area contributed by atoms with Crippen LogP contribution in [0.15, 0.2) is 78.9 Å². The molecule has 0 saturated carbocycles. The van der Waals surface area contributed by atoms with Crippen molar-refractivity contribution < 1.29 is 19.1 Å². The number of esters is 1. The lowest BCUT2D eigenvalue weighted by molar-refractivity contribution is -0.114. The van der Waals surface area contributed by atoms with Crippen LogP contribution in [0.1, 0.15) is 17.3 Å². The van der Waals surface area contributed by atoms with Crippen molar-refractivity contribution in [3.05, 3.63) is 84.4 Å². The molecule has 0 atom stereocenters. The van der Waals surface area contributed by atoms with E-state index in [9.17, 15) is 9.59 Å². The van der Waals surface area contributed by atoms with Crippen molar-refractivity contribution in [3.8, 4) is 5.75 Å². The minimum Gasteiger partial charge on any atom is -0.490 e. The molecule has 0 radical (unpaired) electrons. The molecule has 0 spiro atoms. The van der Waals surface area contributed by atoms with Gasteiger partial charge in [0.1, 0.15) is 19.0 Å². The SMILES string of the molecule is CC(=O)Nc1ccc(NC(=S)Nc2ccc(OCCOC(=O)c3ccccc3)cc2)cc1. The highest BCUT2D eigenvalue weighted by Gasteiger charge is 2.06. The van der Waals surface area contributed by atoms with Crippen LogP contribution in [0, 0.1) is 0 Å². The molecular weight excluding hydrogens is 426 g/mol. The topological polar surface area (TPSA) is 88.7 Å². The van der Waals surface area contributed by atoms with Gasteiger partial charge in [0.25, 0.3) is 0 Å². The van der Waals surface area contributed by atoms with E-state index in [2.05, 4.69) is 16.0 Å². The molecule has 8 heteroatoms. The molecule has 0 unspecified atom stereocenters. The monoisotopic (exact) mass is 449 g/mol. The van der Waals surface area contributed by atoms with Gasteiger partial charge < -0.3 is 25.4 Å². The minimum absolute atomic E-state index is 0.122. The van der Waals surface area contributed by atoms with E-state index in [0.29, 0.717) is 22.1 Å². The maximum Gasteiger partial charge on any atom is 0.338 e. The van der Waals surface area contributed by atoms with Crippen molar-refractivity contribution in [2.24, 2.45) is 0 Å². The Morgan fingerprint density at radius 2 is 1.28 bits per heavy atom.